The van der Waals surface area contributed by atoms with E-state index in [0.717, 1.165) is 22.5 Å². The quantitative estimate of drug-likeness (QED) is 0.622. The fourth-order valence-electron chi connectivity index (χ4n) is 2.70. The van der Waals surface area contributed by atoms with E-state index in [9.17, 15) is 13.2 Å². The maximum Gasteiger partial charge on any atom is 0.573 e. The minimum Gasteiger partial charge on any atom is -0.406 e. The Labute approximate surface area is 155 Å². The number of benzene rings is 2. The van der Waals surface area contributed by atoms with Gasteiger partial charge in [-0.05, 0) is 49.7 Å². The van der Waals surface area contributed by atoms with Gasteiger partial charge in [0, 0.05) is 18.3 Å². The Kier molecular flexibility index (Phi) is 5.81. The van der Waals surface area contributed by atoms with Crippen LogP contribution in [-0.2, 0) is 13.0 Å². The van der Waals surface area contributed by atoms with Gasteiger partial charge < -0.3 is 10.1 Å². The summed E-state index contributed by atoms with van der Waals surface area (Å²) in [5.41, 5.74) is 4.01. The lowest BCUT2D eigenvalue weighted by Crippen LogP contribution is -2.18. The standard InChI is InChI=1S/C20H20F3N3O/c1-15-17(14-26(25-15)18-5-3-2-4-6-18)13-24-12-11-16-7-9-19(10-8-16)27-20(21,22)23/h2-10,14,24H,11-13H2,1H3. The molecule has 0 saturated carbocycles. The lowest BCUT2D eigenvalue weighted by atomic mass is 10.1. The van der Waals surface area contributed by atoms with E-state index in [1.54, 1.807) is 12.1 Å². The van der Waals surface area contributed by atoms with Crippen molar-refractivity contribution < 1.29 is 17.9 Å². The summed E-state index contributed by atoms with van der Waals surface area (Å²) in [6.45, 7) is 3.35. The number of nitrogens with one attached hydrogen (secondary N) is 1. The third kappa shape index (κ3) is 5.59. The smallest absolute Gasteiger partial charge is 0.406 e. The summed E-state index contributed by atoms with van der Waals surface area (Å²) in [5, 5.41) is 7.87. The van der Waals surface area contributed by atoms with E-state index in [-0.39, 0.29) is 5.75 Å². The molecule has 3 rings (SSSR count). The first-order valence-corrected chi connectivity index (χ1v) is 8.57. The molecule has 1 N–H and O–H groups in total. The molecule has 0 aliphatic heterocycles. The predicted molar refractivity (Wildman–Crippen MR) is 96.8 cm³/mol. The van der Waals surface area contributed by atoms with Crippen LogP contribution in [0.2, 0.25) is 0 Å². The first-order chi connectivity index (χ1) is 12.9. The van der Waals surface area contributed by atoms with Gasteiger partial charge in [-0.1, -0.05) is 30.3 Å². The van der Waals surface area contributed by atoms with E-state index < -0.39 is 6.36 Å². The molecule has 0 radical (unpaired) electrons. The van der Waals surface area contributed by atoms with Crippen molar-refractivity contribution in [2.45, 2.75) is 26.3 Å². The number of halogens is 3. The Morgan fingerprint density at radius 1 is 1.04 bits per heavy atom. The number of aryl methyl sites for hydroxylation is 1. The predicted octanol–water partition coefficient (Wildman–Crippen LogP) is 4.41. The van der Waals surface area contributed by atoms with E-state index in [1.807, 2.05) is 48.1 Å². The fraction of sp³-hybridized carbons (Fsp3) is 0.250. The van der Waals surface area contributed by atoms with Gasteiger partial charge in [-0.25, -0.2) is 4.68 Å². The molecule has 1 aromatic heterocycles. The van der Waals surface area contributed by atoms with Gasteiger partial charge in [0.2, 0.25) is 0 Å². The molecule has 1 heterocycles. The number of alkyl halides is 3. The Morgan fingerprint density at radius 3 is 2.41 bits per heavy atom. The summed E-state index contributed by atoms with van der Waals surface area (Å²) in [6, 6.07) is 15.8. The number of aromatic nitrogens is 2. The van der Waals surface area contributed by atoms with Crippen molar-refractivity contribution in [1.29, 1.82) is 0 Å². The number of hydrogen-bond acceptors (Lipinski definition) is 3. The monoisotopic (exact) mass is 375 g/mol. The fourth-order valence-corrected chi connectivity index (χ4v) is 2.70. The van der Waals surface area contributed by atoms with Crippen LogP contribution < -0.4 is 10.1 Å². The van der Waals surface area contributed by atoms with Gasteiger partial charge in [0.25, 0.3) is 0 Å². The van der Waals surface area contributed by atoms with Crippen molar-refractivity contribution in [3.8, 4) is 11.4 Å². The van der Waals surface area contributed by atoms with Crippen LogP contribution in [0.3, 0.4) is 0 Å². The van der Waals surface area contributed by atoms with Crippen molar-refractivity contribution in [3.63, 3.8) is 0 Å². The zero-order valence-corrected chi connectivity index (χ0v) is 14.8. The summed E-state index contributed by atoms with van der Waals surface area (Å²) in [6.07, 6.45) is -1.95. The van der Waals surface area contributed by atoms with Crippen LogP contribution in [0.4, 0.5) is 13.2 Å². The second-order valence-corrected chi connectivity index (χ2v) is 6.14. The number of hydrogen-bond donors (Lipinski definition) is 1. The van der Waals surface area contributed by atoms with E-state index in [0.29, 0.717) is 19.5 Å². The van der Waals surface area contributed by atoms with Crippen molar-refractivity contribution in [2.75, 3.05) is 6.54 Å². The molecule has 0 saturated heterocycles. The molecule has 7 heteroatoms. The molecule has 0 amide bonds. The Morgan fingerprint density at radius 2 is 1.74 bits per heavy atom. The Balaban J connectivity index is 1.48. The molecule has 0 bridgehead atoms. The molecule has 142 valence electrons. The summed E-state index contributed by atoms with van der Waals surface area (Å²) < 4.78 is 42.2. The van der Waals surface area contributed by atoms with Crippen LogP contribution in [-0.4, -0.2) is 22.7 Å². The van der Waals surface area contributed by atoms with E-state index in [4.69, 9.17) is 0 Å². The molecule has 27 heavy (non-hydrogen) atoms. The highest BCUT2D eigenvalue weighted by molar-refractivity contribution is 5.32. The van der Waals surface area contributed by atoms with E-state index in [2.05, 4.69) is 15.2 Å². The summed E-state index contributed by atoms with van der Waals surface area (Å²) in [4.78, 5) is 0. The van der Waals surface area contributed by atoms with Crippen LogP contribution in [0.1, 0.15) is 16.8 Å². The molecule has 0 fully saturated rings. The average Bonchev–Trinajstić information content (AvgIpc) is 3.00. The average molecular weight is 375 g/mol. The highest BCUT2D eigenvalue weighted by atomic mass is 19.4. The van der Waals surface area contributed by atoms with Crippen molar-refractivity contribution >= 4 is 0 Å². The maximum atomic E-state index is 12.2. The van der Waals surface area contributed by atoms with Gasteiger partial charge in [-0.2, -0.15) is 5.10 Å². The van der Waals surface area contributed by atoms with E-state index in [1.165, 1.54) is 12.1 Å². The van der Waals surface area contributed by atoms with Gasteiger partial charge in [0.15, 0.2) is 0 Å². The van der Waals surface area contributed by atoms with Crippen LogP contribution in [0, 0.1) is 6.92 Å². The van der Waals surface area contributed by atoms with Crippen LogP contribution in [0.5, 0.6) is 5.75 Å². The highest BCUT2D eigenvalue weighted by Gasteiger charge is 2.30. The summed E-state index contributed by atoms with van der Waals surface area (Å²) in [7, 11) is 0. The molecule has 0 aliphatic carbocycles. The first-order valence-electron chi connectivity index (χ1n) is 8.57. The maximum absolute atomic E-state index is 12.2. The molecule has 0 aliphatic rings. The topological polar surface area (TPSA) is 39.1 Å². The molecule has 2 aromatic carbocycles. The van der Waals surface area contributed by atoms with E-state index >= 15 is 0 Å². The third-order valence-corrected chi connectivity index (χ3v) is 4.08. The van der Waals surface area contributed by atoms with Crippen LogP contribution in [0.25, 0.3) is 5.69 Å². The molecular weight excluding hydrogens is 355 g/mol. The largest absolute Gasteiger partial charge is 0.573 e. The summed E-state index contributed by atoms with van der Waals surface area (Å²) in [5.74, 6) is -0.205. The van der Waals surface area contributed by atoms with Crippen LogP contribution in [0.15, 0.2) is 60.8 Å². The first kappa shape index (κ1) is 19.0. The Hall–Kier alpha value is -2.80. The minimum absolute atomic E-state index is 0.205. The molecule has 4 nitrogen and oxygen atoms in total. The number of rotatable bonds is 7. The van der Waals surface area contributed by atoms with Gasteiger partial charge in [0.1, 0.15) is 5.75 Å². The van der Waals surface area contributed by atoms with Crippen LogP contribution >= 0.6 is 0 Å². The van der Waals surface area contributed by atoms with Gasteiger partial charge in [-0.15, -0.1) is 13.2 Å². The Bertz CT molecular complexity index is 858. The summed E-state index contributed by atoms with van der Waals surface area (Å²) >= 11 is 0. The molecular formula is C20H20F3N3O. The lowest BCUT2D eigenvalue weighted by molar-refractivity contribution is -0.274. The molecule has 0 unspecified atom stereocenters. The molecule has 0 atom stereocenters. The normalized spacial score (nSPS) is 11.6. The SMILES string of the molecule is Cc1nn(-c2ccccc2)cc1CNCCc1ccc(OC(F)(F)F)cc1. The number of para-hydroxylation sites is 1. The second kappa shape index (κ2) is 8.26. The van der Waals surface area contributed by atoms with Crippen molar-refractivity contribution in [3.05, 3.63) is 77.6 Å². The third-order valence-electron chi connectivity index (χ3n) is 4.08. The van der Waals surface area contributed by atoms with Crippen molar-refractivity contribution in [1.82, 2.24) is 15.1 Å². The minimum atomic E-state index is -4.66. The zero-order valence-electron chi connectivity index (χ0n) is 14.8. The van der Waals surface area contributed by atoms with Gasteiger partial charge >= 0.3 is 6.36 Å². The highest BCUT2D eigenvalue weighted by Crippen LogP contribution is 2.22. The van der Waals surface area contributed by atoms with Gasteiger partial charge in [-0.3, -0.25) is 0 Å². The van der Waals surface area contributed by atoms with Crippen molar-refractivity contribution in [2.24, 2.45) is 0 Å². The molecule has 3 aromatic rings. The second-order valence-electron chi connectivity index (χ2n) is 6.14. The number of nitrogens with zero attached hydrogens (tertiary/aromatic N) is 2. The molecule has 0 spiro atoms. The number of ether oxygens (including phenoxy) is 1. The van der Waals surface area contributed by atoms with Gasteiger partial charge in [0.05, 0.1) is 11.4 Å². The lowest BCUT2D eigenvalue weighted by Gasteiger charge is -2.09. The zero-order chi connectivity index (χ0) is 19.3.